The fourth-order valence-corrected chi connectivity index (χ4v) is 5.89. The van der Waals surface area contributed by atoms with Crippen LogP contribution in [0.1, 0.15) is 27.9 Å². The summed E-state index contributed by atoms with van der Waals surface area (Å²) in [7, 11) is 3.76. The molecule has 2 aromatic heterocycles. The predicted molar refractivity (Wildman–Crippen MR) is 122 cm³/mol. The third-order valence-corrected chi connectivity index (χ3v) is 7.38. The first-order valence-electron chi connectivity index (χ1n) is 10.6. The Morgan fingerprint density at radius 2 is 2.19 bits per heavy atom. The van der Waals surface area contributed by atoms with Crippen LogP contribution < -0.4 is 0 Å². The average Bonchev–Trinajstić information content (AvgIpc) is 3.22. The second-order valence-corrected chi connectivity index (χ2v) is 9.43. The summed E-state index contributed by atoms with van der Waals surface area (Å²) in [5.41, 5.74) is 2.80. The molecule has 166 valence electrons. The van der Waals surface area contributed by atoms with Crippen LogP contribution in [0.15, 0.2) is 47.3 Å². The Labute approximate surface area is 194 Å². The van der Waals surface area contributed by atoms with Gasteiger partial charge in [-0.15, -0.1) is 0 Å². The van der Waals surface area contributed by atoms with Crippen molar-refractivity contribution in [2.24, 2.45) is 5.92 Å². The van der Waals surface area contributed by atoms with Crippen LogP contribution in [0, 0.1) is 5.92 Å². The number of hydrogen-bond acceptors (Lipinski definition) is 6. The minimum Gasteiger partial charge on any atom is -0.454 e. The number of carbonyl (C=O) groups is 2. The van der Waals surface area contributed by atoms with Gasteiger partial charge in [0.25, 0.3) is 0 Å². The van der Waals surface area contributed by atoms with Gasteiger partial charge < -0.3 is 14.5 Å². The van der Waals surface area contributed by atoms with Gasteiger partial charge in [-0.3, -0.25) is 14.7 Å². The molecule has 1 aliphatic carbocycles. The molecule has 1 aliphatic heterocycles. The van der Waals surface area contributed by atoms with E-state index in [1.807, 2.05) is 12.1 Å². The number of fused-ring (bicyclic) bond motifs is 2. The molecule has 7 nitrogen and oxygen atoms in total. The summed E-state index contributed by atoms with van der Waals surface area (Å²) in [6, 6.07) is 7.74. The van der Waals surface area contributed by atoms with E-state index in [0.717, 1.165) is 29.4 Å². The normalized spacial score (nSPS) is 24.8. The van der Waals surface area contributed by atoms with E-state index in [2.05, 4.69) is 50.1 Å². The zero-order valence-corrected chi connectivity index (χ0v) is 19.5. The lowest BCUT2D eigenvalue weighted by atomic mass is 9.64. The number of ether oxygens (including phenoxy) is 2. The summed E-state index contributed by atoms with van der Waals surface area (Å²) in [6.45, 7) is 0.471. The maximum atomic E-state index is 13.5. The highest BCUT2D eigenvalue weighted by Gasteiger charge is 2.56. The van der Waals surface area contributed by atoms with Crippen molar-refractivity contribution in [1.82, 2.24) is 14.9 Å². The topological polar surface area (TPSA) is 84.5 Å². The Bertz CT molecular complexity index is 1210. The summed E-state index contributed by atoms with van der Waals surface area (Å²) in [5, 5.41) is 1.14. The maximum absolute atomic E-state index is 13.5. The van der Waals surface area contributed by atoms with Gasteiger partial charge in [0.1, 0.15) is 5.60 Å². The van der Waals surface area contributed by atoms with Crippen molar-refractivity contribution in [3.05, 3.63) is 64.0 Å². The quantitative estimate of drug-likeness (QED) is 0.543. The number of rotatable bonds is 5. The lowest BCUT2D eigenvalue weighted by Crippen LogP contribution is -2.63. The van der Waals surface area contributed by atoms with Gasteiger partial charge in [0.2, 0.25) is 0 Å². The molecule has 0 amide bonds. The summed E-state index contributed by atoms with van der Waals surface area (Å²) in [6.07, 6.45) is 6.48. The fourth-order valence-electron chi connectivity index (χ4n) is 5.52. The first-order valence-corrected chi connectivity index (χ1v) is 11.4. The Kier molecular flexibility index (Phi) is 5.39. The molecule has 1 saturated heterocycles. The molecule has 5 rings (SSSR count). The van der Waals surface area contributed by atoms with E-state index in [-0.39, 0.29) is 18.4 Å². The minimum atomic E-state index is -0.803. The third kappa shape index (κ3) is 3.20. The van der Waals surface area contributed by atoms with Crippen LogP contribution in [0.3, 0.4) is 0 Å². The number of nitrogens with one attached hydrogen (secondary N) is 1. The Balaban J connectivity index is 1.47. The number of aromatic amines is 1. The SMILES string of the molecule is COC12c3cccc4[nH]cc(c34)C[C@H]1N(C)CCC2C(=O)COC(=O)c1cncc(Br)c1. The van der Waals surface area contributed by atoms with Gasteiger partial charge in [0.05, 0.1) is 11.5 Å². The van der Waals surface area contributed by atoms with Gasteiger partial charge in [-0.05, 0) is 65.6 Å². The average molecular weight is 498 g/mol. The number of piperidine rings is 1. The molecule has 1 N–H and O–H groups in total. The lowest BCUT2D eigenvalue weighted by Gasteiger charge is -2.54. The number of nitrogens with zero attached hydrogens (tertiary/aromatic N) is 2. The number of H-pyrrole nitrogens is 1. The van der Waals surface area contributed by atoms with Crippen molar-refractivity contribution < 1.29 is 19.1 Å². The standard InChI is InChI=1S/C24H24BrN3O4/c1-28-7-6-17(20(29)13-32-23(30)15-8-16(25)12-26-10-15)24(31-2)18-4-3-5-19-22(18)14(11-27-19)9-21(24)28/h3-5,8,10-12,17,21,27H,6-7,9,13H2,1-2H3/t17?,21-,24?/m1/s1. The number of carbonyl (C=O) groups excluding carboxylic acids is 2. The maximum Gasteiger partial charge on any atom is 0.340 e. The summed E-state index contributed by atoms with van der Waals surface area (Å²) >= 11 is 3.30. The van der Waals surface area contributed by atoms with E-state index in [4.69, 9.17) is 9.47 Å². The van der Waals surface area contributed by atoms with Gasteiger partial charge in [-0.1, -0.05) is 12.1 Å². The van der Waals surface area contributed by atoms with Crippen LogP contribution >= 0.6 is 15.9 Å². The van der Waals surface area contributed by atoms with E-state index in [1.165, 1.54) is 11.8 Å². The van der Waals surface area contributed by atoms with Crippen molar-refractivity contribution in [2.45, 2.75) is 24.5 Å². The number of pyridine rings is 1. The van der Waals surface area contributed by atoms with E-state index >= 15 is 0 Å². The smallest absolute Gasteiger partial charge is 0.340 e. The van der Waals surface area contributed by atoms with Crippen LogP contribution in [-0.4, -0.2) is 60.0 Å². The Morgan fingerprint density at radius 3 is 2.97 bits per heavy atom. The number of methoxy groups -OCH3 is 1. The zero-order chi connectivity index (χ0) is 22.5. The monoisotopic (exact) mass is 497 g/mol. The Hall–Kier alpha value is -2.55. The molecule has 1 aromatic carbocycles. The molecule has 3 heterocycles. The molecule has 2 unspecified atom stereocenters. The summed E-state index contributed by atoms with van der Waals surface area (Å²) in [5.74, 6) is -1.12. The fraction of sp³-hybridized carbons (Fsp3) is 0.375. The highest BCUT2D eigenvalue weighted by atomic mass is 79.9. The van der Waals surface area contributed by atoms with Crippen molar-refractivity contribution >= 4 is 38.6 Å². The largest absolute Gasteiger partial charge is 0.454 e. The molecular weight excluding hydrogens is 474 g/mol. The van der Waals surface area contributed by atoms with Crippen molar-refractivity contribution in [3.63, 3.8) is 0 Å². The number of Topliss-reactive ketones (excluding diaryl/α,β-unsaturated/α-hetero) is 1. The molecule has 0 radical (unpaired) electrons. The summed E-state index contributed by atoms with van der Waals surface area (Å²) < 4.78 is 12.3. The first-order chi connectivity index (χ1) is 15.5. The van der Waals surface area contributed by atoms with Gasteiger partial charge in [-0.2, -0.15) is 0 Å². The summed E-state index contributed by atoms with van der Waals surface area (Å²) in [4.78, 5) is 35.6. The van der Waals surface area contributed by atoms with Crippen molar-refractivity contribution in [3.8, 4) is 0 Å². The van der Waals surface area contributed by atoms with Gasteiger partial charge in [0, 0.05) is 47.1 Å². The molecular formula is C24H24BrN3O4. The van der Waals surface area contributed by atoms with E-state index in [9.17, 15) is 9.59 Å². The molecule has 0 spiro atoms. The van der Waals surface area contributed by atoms with Gasteiger partial charge >= 0.3 is 5.97 Å². The molecule has 32 heavy (non-hydrogen) atoms. The highest BCUT2D eigenvalue weighted by molar-refractivity contribution is 9.10. The van der Waals surface area contributed by atoms with Gasteiger partial charge in [0.15, 0.2) is 12.4 Å². The number of benzene rings is 1. The predicted octanol–water partition coefficient (Wildman–Crippen LogP) is 3.47. The number of aromatic nitrogens is 2. The molecule has 1 fully saturated rings. The number of ketones is 1. The zero-order valence-electron chi connectivity index (χ0n) is 17.9. The van der Waals surface area contributed by atoms with Crippen LogP contribution in [0.5, 0.6) is 0 Å². The van der Waals surface area contributed by atoms with E-state index < -0.39 is 17.5 Å². The lowest BCUT2D eigenvalue weighted by molar-refractivity contribution is -0.166. The number of likely N-dealkylation sites (N-methyl/N-ethyl adjacent to an activating group) is 1. The number of likely N-dealkylation sites (tertiary alicyclic amines) is 1. The number of hydrogen-bond donors (Lipinski definition) is 1. The minimum absolute atomic E-state index is 0.00841. The molecule has 8 heteroatoms. The van der Waals surface area contributed by atoms with Crippen LogP contribution in [0.25, 0.3) is 10.9 Å². The van der Waals surface area contributed by atoms with Crippen LogP contribution in [-0.2, 0) is 26.3 Å². The molecule has 0 bridgehead atoms. The van der Waals surface area contributed by atoms with Crippen molar-refractivity contribution in [2.75, 3.05) is 27.3 Å². The molecule has 2 aliphatic rings. The number of halogens is 1. The van der Waals surface area contributed by atoms with Crippen LogP contribution in [0.2, 0.25) is 0 Å². The molecule has 0 saturated carbocycles. The number of esters is 1. The second-order valence-electron chi connectivity index (χ2n) is 8.52. The van der Waals surface area contributed by atoms with E-state index in [1.54, 1.807) is 19.4 Å². The van der Waals surface area contributed by atoms with E-state index in [0.29, 0.717) is 16.5 Å². The Morgan fingerprint density at radius 1 is 1.34 bits per heavy atom. The van der Waals surface area contributed by atoms with Gasteiger partial charge in [-0.25, -0.2) is 4.79 Å². The third-order valence-electron chi connectivity index (χ3n) is 6.95. The highest BCUT2D eigenvalue weighted by Crippen LogP contribution is 2.51. The van der Waals surface area contributed by atoms with Crippen LogP contribution in [0.4, 0.5) is 0 Å². The molecule has 3 atom stereocenters. The second kappa shape index (κ2) is 8.10. The molecule has 3 aromatic rings. The first kappa shape index (κ1) is 21.3. The van der Waals surface area contributed by atoms with Crippen molar-refractivity contribution in [1.29, 1.82) is 0 Å².